The molecule has 1 aromatic carbocycles. The molecule has 108 valence electrons. The summed E-state index contributed by atoms with van der Waals surface area (Å²) >= 11 is 6.23. The van der Waals surface area contributed by atoms with Gasteiger partial charge in [-0.15, -0.1) is 0 Å². The van der Waals surface area contributed by atoms with Crippen LogP contribution < -0.4 is 0 Å². The average Bonchev–Trinajstić information content (AvgIpc) is 2.39. The van der Waals surface area contributed by atoms with Crippen molar-refractivity contribution in [2.24, 2.45) is 10.8 Å². The minimum atomic E-state index is -1.23. The van der Waals surface area contributed by atoms with Crippen molar-refractivity contribution in [1.29, 1.82) is 5.26 Å². The molecule has 1 unspecified atom stereocenters. The van der Waals surface area contributed by atoms with Crippen molar-refractivity contribution in [2.45, 2.75) is 52.1 Å². The van der Waals surface area contributed by atoms with E-state index in [1.165, 1.54) is 0 Å². The van der Waals surface area contributed by atoms with Gasteiger partial charge in [-0.05, 0) is 44.1 Å². The van der Waals surface area contributed by atoms with E-state index in [1.807, 2.05) is 18.2 Å². The van der Waals surface area contributed by atoms with E-state index < -0.39 is 11.0 Å². The molecule has 2 rings (SSSR count). The predicted octanol–water partition coefficient (Wildman–Crippen LogP) is 4.66. The number of benzene rings is 1. The minimum Gasteiger partial charge on any atom is -0.384 e. The molecule has 0 bridgehead atoms. The second kappa shape index (κ2) is 5.06. The normalized spacial score (nSPS) is 23.6. The third-order valence-electron chi connectivity index (χ3n) is 5.00. The lowest BCUT2D eigenvalue weighted by Gasteiger charge is -2.47. The summed E-state index contributed by atoms with van der Waals surface area (Å²) in [6, 6.07) is 9.69. The lowest BCUT2D eigenvalue weighted by Crippen LogP contribution is -2.46. The molecule has 3 heteroatoms. The molecule has 0 radical (unpaired) electrons. The molecule has 1 atom stereocenters. The zero-order chi connectivity index (χ0) is 15.0. The van der Waals surface area contributed by atoms with Gasteiger partial charge >= 0.3 is 0 Å². The number of aliphatic hydroxyl groups is 1. The zero-order valence-corrected chi connectivity index (χ0v) is 13.2. The highest BCUT2D eigenvalue weighted by Crippen LogP contribution is 2.54. The van der Waals surface area contributed by atoms with Gasteiger partial charge in [-0.1, -0.05) is 43.6 Å². The Morgan fingerprint density at radius 1 is 1.20 bits per heavy atom. The molecule has 1 saturated carbocycles. The summed E-state index contributed by atoms with van der Waals surface area (Å²) in [7, 11) is 0. The predicted molar refractivity (Wildman–Crippen MR) is 81.3 cm³/mol. The van der Waals surface area contributed by atoms with Crippen LogP contribution in [0.2, 0.25) is 5.02 Å². The van der Waals surface area contributed by atoms with Gasteiger partial charge in [-0.25, -0.2) is 0 Å². The Kier molecular flexibility index (Phi) is 3.88. The van der Waals surface area contributed by atoms with Crippen molar-refractivity contribution in [3.05, 3.63) is 34.9 Å². The lowest BCUT2D eigenvalue weighted by atomic mass is 9.58. The van der Waals surface area contributed by atoms with Crippen molar-refractivity contribution < 1.29 is 5.11 Å². The Bertz CT molecular complexity index is 532. The Balaban J connectivity index is 2.42. The standard InChI is InChI=1S/C17H22ClNO/c1-15(2)8-10-17(12-19,11-9-15)16(3,20)13-6-4-5-7-14(13)18/h4-7,20H,8-11H2,1-3H3. The van der Waals surface area contributed by atoms with Gasteiger partial charge in [0.1, 0.15) is 5.60 Å². The van der Waals surface area contributed by atoms with Gasteiger partial charge in [0.05, 0.1) is 11.5 Å². The van der Waals surface area contributed by atoms with E-state index in [2.05, 4.69) is 19.9 Å². The third-order valence-corrected chi connectivity index (χ3v) is 5.33. The molecule has 1 aromatic rings. The lowest BCUT2D eigenvalue weighted by molar-refractivity contribution is -0.0772. The number of nitriles is 1. The van der Waals surface area contributed by atoms with Crippen LogP contribution in [-0.4, -0.2) is 5.11 Å². The molecule has 0 spiro atoms. The molecule has 0 aliphatic heterocycles. The van der Waals surface area contributed by atoms with E-state index >= 15 is 0 Å². The van der Waals surface area contributed by atoms with Crippen LogP contribution in [-0.2, 0) is 5.60 Å². The maximum atomic E-state index is 11.1. The van der Waals surface area contributed by atoms with Gasteiger partial charge < -0.3 is 5.11 Å². The number of halogens is 1. The molecule has 0 amide bonds. The van der Waals surface area contributed by atoms with Crippen molar-refractivity contribution in [3.8, 4) is 6.07 Å². The Hall–Kier alpha value is -1.04. The molecule has 0 saturated heterocycles. The minimum absolute atomic E-state index is 0.247. The first-order chi connectivity index (χ1) is 9.24. The second-order valence-corrected chi connectivity index (χ2v) is 7.32. The van der Waals surface area contributed by atoms with Gasteiger partial charge in [0.15, 0.2) is 0 Å². The molecular formula is C17H22ClNO. The summed E-state index contributed by atoms with van der Waals surface area (Å²) in [5, 5.41) is 21.4. The summed E-state index contributed by atoms with van der Waals surface area (Å²) in [4.78, 5) is 0. The van der Waals surface area contributed by atoms with Crippen LogP contribution in [0.15, 0.2) is 24.3 Å². The van der Waals surface area contributed by atoms with Crippen molar-refractivity contribution in [3.63, 3.8) is 0 Å². The highest BCUT2D eigenvalue weighted by molar-refractivity contribution is 6.31. The summed E-state index contributed by atoms with van der Waals surface area (Å²) in [6.45, 7) is 6.17. The van der Waals surface area contributed by atoms with Crippen LogP contribution in [0, 0.1) is 22.2 Å². The highest BCUT2D eigenvalue weighted by Gasteiger charge is 2.52. The van der Waals surface area contributed by atoms with Crippen LogP contribution >= 0.6 is 11.6 Å². The number of hydrogen-bond donors (Lipinski definition) is 1. The van der Waals surface area contributed by atoms with Gasteiger partial charge in [-0.2, -0.15) is 5.26 Å². The van der Waals surface area contributed by atoms with Crippen LogP contribution in [0.3, 0.4) is 0 Å². The van der Waals surface area contributed by atoms with Crippen molar-refractivity contribution >= 4 is 11.6 Å². The Morgan fingerprint density at radius 2 is 1.75 bits per heavy atom. The summed E-state index contributed by atoms with van der Waals surface area (Å²) in [5.74, 6) is 0. The quantitative estimate of drug-likeness (QED) is 0.861. The largest absolute Gasteiger partial charge is 0.384 e. The van der Waals surface area contributed by atoms with Crippen LogP contribution in [0.25, 0.3) is 0 Å². The molecule has 0 aromatic heterocycles. The first kappa shape index (κ1) is 15.4. The maximum absolute atomic E-state index is 11.1. The SMILES string of the molecule is CC1(C)CCC(C#N)(C(C)(O)c2ccccc2Cl)CC1. The highest BCUT2D eigenvalue weighted by atomic mass is 35.5. The number of hydrogen-bond acceptors (Lipinski definition) is 2. The van der Waals surface area contributed by atoms with E-state index in [1.54, 1.807) is 13.0 Å². The molecule has 20 heavy (non-hydrogen) atoms. The van der Waals surface area contributed by atoms with E-state index in [9.17, 15) is 10.4 Å². The molecule has 1 fully saturated rings. The summed E-state index contributed by atoms with van der Waals surface area (Å²) < 4.78 is 0. The first-order valence-electron chi connectivity index (χ1n) is 7.13. The van der Waals surface area contributed by atoms with Gasteiger partial charge in [0.25, 0.3) is 0 Å². The topological polar surface area (TPSA) is 44.0 Å². The number of rotatable bonds is 2. The Morgan fingerprint density at radius 3 is 2.25 bits per heavy atom. The summed E-state index contributed by atoms with van der Waals surface area (Å²) in [5.41, 5.74) is -1.08. The molecular weight excluding hydrogens is 270 g/mol. The van der Waals surface area contributed by atoms with Gasteiger partial charge in [-0.3, -0.25) is 0 Å². The molecule has 2 nitrogen and oxygen atoms in total. The van der Waals surface area contributed by atoms with Crippen molar-refractivity contribution in [2.75, 3.05) is 0 Å². The first-order valence-corrected chi connectivity index (χ1v) is 7.51. The van der Waals surface area contributed by atoms with E-state index in [-0.39, 0.29) is 5.41 Å². The van der Waals surface area contributed by atoms with E-state index in [0.717, 1.165) is 12.8 Å². The van der Waals surface area contributed by atoms with Crippen LogP contribution in [0.5, 0.6) is 0 Å². The van der Waals surface area contributed by atoms with Gasteiger partial charge in [0.2, 0.25) is 0 Å². The zero-order valence-electron chi connectivity index (χ0n) is 12.4. The second-order valence-electron chi connectivity index (χ2n) is 6.91. The molecule has 1 N–H and O–H groups in total. The average molecular weight is 292 g/mol. The smallest absolute Gasteiger partial charge is 0.107 e. The monoisotopic (exact) mass is 291 g/mol. The molecule has 0 heterocycles. The van der Waals surface area contributed by atoms with Crippen LogP contribution in [0.1, 0.15) is 52.0 Å². The number of nitrogens with zero attached hydrogens (tertiary/aromatic N) is 1. The molecule has 1 aliphatic carbocycles. The van der Waals surface area contributed by atoms with Gasteiger partial charge in [0, 0.05) is 10.6 Å². The maximum Gasteiger partial charge on any atom is 0.107 e. The summed E-state index contributed by atoms with van der Waals surface area (Å²) in [6.07, 6.45) is 3.30. The Labute approximate surface area is 126 Å². The van der Waals surface area contributed by atoms with Crippen LogP contribution in [0.4, 0.5) is 0 Å². The fourth-order valence-corrected chi connectivity index (χ4v) is 3.49. The fourth-order valence-electron chi connectivity index (χ4n) is 3.17. The van der Waals surface area contributed by atoms with E-state index in [4.69, 9.17) is 11.6 Å². The van der Waals surface area contributed by atoms with Crippen molar-refractivity contribution in [1.82, 2.24) is 0 Å². The van der Waals surface area contributed by atoms with E-state index in [0.29, 0.717) is 23.4 Å². The third kappa shape index (κ3) is 2.45. The molecule has 1 aliphatic rings. The fraction of sp³-hybridized carbons (Fsp3) is 0.588.